The van der Waals surface area contributed by atoms with Gasteiger partial charge in [0.05, 0.1) is 7.11 Å². The number of carbonyl (C=O) groups is 2. The van der Waals surface area contributed by atoms with Gasteiger partial charge in [-0.05, 0) is 34.9 Å². The average molecular weight is 587 g/mol. The van der Waals surface area contributed by atoms with E-state index in [4.69, 9.17) is 9.47 Å². The summed E-state index contributed by atoms with van der Waals surface area (Å²) in [5, 5.41) is 14.3. The monoisotopic (exact) mass is 586 g/mol. The lowest BCUT2D eigenvalue weighted by atomic mass is 10.1. The van der Waals surface area contributed by atoms with E-state index in [2.05, 4.69) is 15.9 Å². The van der Waals surface area contributed by atoms with Crippen molar-refractivity contribution in [2.24, 2.45) is 0 Å². The van der Waals surface area contributed by atoms with Crippen LogP contribution in [-0.2, 0) is 19.1 Å². The Morgan fingerprint density at radius 1 is 0.789 bits per heavy atom. The second-order valence-electron chi connectivity index (χ2n) is 8.64. The first kappa shape index (κ1) is 25.9. The van der Waals surface area contributed by atoms with E-state index in [0.29, 0.717) is 5.56 Å². The van der Waals surface area contributed by atoms with Crippen LogP contribution in [0.25, 0.3) is 5.76 Å². The summed E-state index contributed by atoms with van der Waals surface area (Å²) >= 11 is 3.41. The minimum atomic E-state index is -3.21. The highest BCUT2D eigenvalue weighted by molar-refractivity contribution is 9.10. The molecule has 4 aromatic carbocycles. The third-order valence-corrected chi connectivity index (χ3v) is 11.4. The van der Waals surface area contributed by atoms with Gasteiger partial charge >= 0.3 is 11.8 Å². The lowest BCUT2D eigenvalue weighted by Crippen LogP contribution is -2.52. The van der Waals surface area contributed by atoms with Crippen LogP contribution in [0.3, 0.4) is 0 Å². The minimum Gasteiger partial charge on any atom is -0.465 e. The number of ether oxygens (including phenoxy) is 2. The van der Waals surface area contributed by atoms with Gasteiger partial charge in [-0.25, -0.2) is 4.79 Å². The Hall–Kier alpha value is -3.70. The molecular formula is C31H24BrO5P. The Labute approximate surface area is 229 Å². The van der Waals surface area contributed by atoms with Crippen LogP contribution in [-0.4, -0.2) is 35.0 Å². The largest absolute Gasteiger partial charge is 0.465 e. The Kier molecular flexibility index (Phi) is 7.22. The summed E-state index contributed by atoms with van der Waals surface area (Å²) in [6, 6.07) is 35.5. The molecule has 0 spiro atoms. The fourth-order valence-corrected chi connectivity index (χ4v) is 9.53. The second-order valence-corrected chi connectivity index (χ2v) is 12.9. The van der Waals surface area contributed by atoms with Crippen molar-refractivity contribution in [1.29, 1.82) is 0 Å². The van der Waals surface area contributed by atoms with Gasteiger partial charge in [-0.2, -0.15) is 0 Å². The van der Waals surface area contributed by atoms with Crippen molar-refractivity contribution in [2.45, 2.75) is 5.79 Å². The summed E-state index contributed by atoms with van der Waals surface area (Å²) in [6.07, 6.45) is 1.24. The van der Waals surface area contributed by atoms with E-state index >= 15 is 0 Å². The number of esters is 1. The molecule has 5 rings (SSSR count). The summed E-state index contributed by atoms with van der Waals surface area (Å²) in [6.45, 7) is -3.21. The zero-order chi connectivity index (χ0) is 26.8. The Morgan fingerprint density at radius 2 is 1.24 bits per heavy atom. The summed E-state index contributed by atoms with van der Waals surface area (Å²) in [5.41, 5.74) is 0.588. The van der Waals surface area contributed by atoms with Crippen molar-refractivity contribution >= 4 is 61.5 Å². The van der Waals surface area contributed by atoms with Crippen molar-refractivity contribution in [1.82, 2.24) is 0 Å². The standard InChI is InChI=1S/C31H24BrO5P/c1-36-30(34)29(31(35)28(33)21-27(37-31)22-17-19-23(32)20-18-22)38(24-11-5-2-6-12-24,25-13-7-3-8-14-25)26-15-9-4-10-16-26/h2-21,35H,1H3. The van der Waals surface area contributed by atoms with E-state index in [9.17, 15) is 14.7 Å². The van der Waals surface area contributed by atoms with Crippen LogP contribution in [0.15, 0.2) is 126 Å². The SMILES string of the molecule is COC(=O)C(C1(O)OC(c2ccc(Br)cc2)=CC1=O)=P(c1ccccc1)(c1ccccc1)c1ccccc1. The lowest BCUT2D eigenvalue weighted by molar-refractivity contribution is -0.152. The molecule has 0 radical (unpaired) electrons. The molecule has 38 heavy (non-hydrogen) atoms. The average Bonchev–Trinajstić information content (AvgIpc) is 3.27. The zero-order valence-electron chi connectivity index (χ0n) is 20.5. The number of halogens is 1. The first-order valence-electron chi connectivity index (χ1n) is 11.9. The van der Waals surface area contributed by atoms with Crippen LogP contribution in [0.5, 0.6) is 0 Å². The molecule has 1 aliphatic heterocycles. The topological polar surface area (TPSA) is 72.8 Å². The number of rotatable bonds is 6. The van der Waals surface area contributed by atoms with Crippen LogP contribution in [0.1, 0.15) is 5.56 Å². The second kappa shape index (κ2) is 10.6. The predicted octanol–water partition coefficient (Wildman–Crippen LogP) is 4.42. The molecule has 0 bridgehead atoms. The zero-order valence-corrected chi connectivity index (χ0v) is 22.9. The van der Waals surface area contributed by atoms with E-state index in [0.717, 1.165) is 20.4 Å². The van der Waals surface area contributed by atoms with Gasteiger partial charge in [0.15, 0.2) is 0 Å². The first-order valence-corrected chi connectivity index (χ1v) is 14.4. The number of hydrogen-bond acceptors (Lipinski definition) is 5. The molecule has 1 aliphatic rings. The number of methoxy groups -OCH3 is 1. The molecular weight excluding hydrogens is 563 g/mol. The Bertz CT molecular complexity index is 1460. The molecule has 190 valence electrons. The molecule has 0 amide bonds. The number of aliphatic hydroxyl groups is 1. The molecule has 0 aliphatic carbocycles. The molecule has 1 atom stereocenters. The van der Waals surface area contributed by atoms with Crippen LogP contribution in [0.2, 0.25) is 0 Å². The third-order valence-electron chi connectivity index (χ3n) is 6.45. The summed E-state index contributed by atoms with van der Waals surface area (Å²) in [7, 11) is 1.24. The molecule has 5 nitrogen and oxygen atoms in total. The molecule has 0 saturated heterocycles. The number of carbonyl (C=O) groups excluding carboxylic acids is 2. The minimum absolute atomic E-state index is 0.149. The van der Waals surface area contributed by atoms with Crippen LogP contribution < -0.4 is 15.9 Å². The maximum atomic E-state index is 13.9. The van der Waals surface area contributed by atoms with Crippen molar-refractivity contribution in [3.63, 3.8) is 0 Å². The van der Waals surface area contributed by atoms with E-state index in [1.165, 1.54) is 13.2 Å². The van der Waals surface area contributed by atoms with Gasteiger partial charge in [0.2, 0.25) is 5.78 Å². The first-order chi connectivity index (χ1) is 18.4. The Morgan fingerprint density at radius 3 is 1.66 bits per heavy atom. The van der Waals surface area contributed by atoms with Crippen molar-refractivity contribution in [2.75, 3.05) is 7.11 Å². The van der Waals surface area contributed by atoms with Crippen molar-refractivity contribution < 1.29 is 24.2 Å². The predicted molar refractivity (Wildman–Crippen MR) is 155 cm³/mol. The maximum Gasteiger partial charge on any atom is 0.342 e. The fourth-order valence-electron chi connectivity index (χ4n) is 4.77. The van der Waals surface area contributed by atoms with Gasteiger partial charge in [-0.3, -0.25) is 4.79 Å². The lowest BCUT2D eigenvalue weighted by Gasteiger charge is -2.36. The van der Waals surface area contributed by atoms with Gasteiger partial charge in [0.1, 0.15) is 11.1 Å². The molecule has 1 N–H and O–H groups in total. The van der Waals surface area contributed by atoms with E-state index < -0.39 is 24.4 Å². The summed E-state index contributed by atoms with van der Waals surface area (Å²) in [4.78, 5) is 27.5. The highest BCUT2D eigenvalue weighted by Gasteiger charge is 2.55. The van der Waals surface area contributed by atoms with Gasteiger partial charge in [0.25, 0.3) is 0 Å². The van der Waals surface area contributed by atoms with Crippen LogP contribution >= 0.6 is 22.8 Å². The Balaban J connectivity index is 1.91. The molecule has 0 fully saturated rings. The number of benzene rings is 4. The van der Waals surface area contributed by atoms with Gasteiger partial charge in [-0.1, -0.05) is 119 Å². The maximum absolute atomic E-state index is 13.9. The highest BCUT2D eigenvalue weighted by atomic mass is 79.9. The van der Waals surface area contributed by atoms with E-state index in [1.54, 1.807) is 12.1 Å². The molecule has 1 heterocycles. The molecule has 0 aromatic heterocycles. The molecule has 0 saturated carbocycles. The summed E-state index contributed by atoms with van der Waals surface area (Å²) < 4.78 is 12.2. The number of ketones is 1. The quantitative estimate of drug-likeness (QED) is 0.267. The fraction of sp³-hybridized carbons (Fsp3) is 0.0645. The van der Waals surface area contributed by atoms with Crippen molar-refractivity contribution in [3.05, 3.63) is 131 Å². The molecule has 1 unspecified atom stereocenters. The van der Waals surface area contributed by atoms with Gasteiger partial charge in [0, 0.05) is 16.1 Å². The van der Waals surface area contributed by atoms with Crippen LogP contribution in [0, 0.1) is 0 Å². The summed E-state index contributed by atoms with van der Waals surface area (Å²) in [5.74, 6) is -4.00. The molecule has 7 heteroatoms. The van der Waals surface area contributed by atoms with Crippen LogP contribution in [0.4, 0.5) is 0 Å². The highest BCUT2D eigenvalue weighted by Crippen LogP contribution is 2.50. The smallest absolute Gasteiger partial charge is 0.342 e. The van der Waals surface area contributed by atoms with Gasteiger partial charge in [-0.15, -0.1) is 0 Å². The van der Waals surface area contributed by atoms with E-state index in [1.807, 2.05) is 103 Å². The molecule has 4 aromatic rings. The van der Waals surface area contributed by atoms with Gasteiger partial charge < -0.3 is 14.6 Å². The number of hydrogen-bond donors (Lipinski definition) is 1. The third kappa shape index (κ3) is 4.35. The van der Waals surface area contributed by atoms with Crippen molar-refractivity contribution in [3.8, 4) is 0 Å². The van der Waals surface area contributed by atoms with E-state index in [-0.39, 0.29) is 11.1 Å². The normalized spacial score (nSPS) is 16.9.